The number of nitrogens with zero attached hydrogens (tertiary/aromatic N) is 2. The summed E-state index contributed by atoms with van der Waals surface area (Å²) in [6, 6.07) is 6.97. The number of halogens is 16. The highest BCUT2D eigenvalue weighted by atomic mass is 19.4. The van der Waals surface area contributed by atoms with Crippen molar-refractivity contribution in [3.63, 3.8) is 0 Å². The number of carbonyl (C=O) groups excluding carboxylic acids is 1. The lowest BCUT2D eigenvalue weighted by Gasteiger charge is -2.40. The first-order valence-electron chi connectivity index (χ1n) is 14.7. The van der Waals surface area contributed by atoms with Crippen LogP contribution in [0.2, 0.25) is 0 Å². The number of hydrogen-bond acceptors (Lipinski definition) is 5. The molecule has 1 atom stereocenters. The van der Waals surface area contributed by atoms with Crippen LogP contribution < -0.4 is 9.47 Å². The maximum atomic E-state index is 15.4. The molecule has 0 amide bonds. The van der Waals surface area contributed by atoms with Crippen LogP contribution in [0.5, 0.6) is 11.5 Å². The van der Waals surface area contributed by atoms with Crippen LogP contribution in [0, 0.1) is 5.82 Å². The van der Waals surface area contributed by atoms with Gasteiger partial charge in [0.1, 0.15) is 22.9 Å². The largest absolute Gasteiger partial charge is 0.483 e. The monoisotopic (exact) mass is 774 g/mol. The van der Waals surface area contributed by atoms with Gasteiger partial charge >= 0.3 is 47.7 Å². The molecule has 0 saturated carbocycles. The molecule has 0 saturated heterocycles. The average Bonchev–Trinajstić information content (AvgIpc) is 3.29. The summed E-state index contributed by atoms with van der Waals surface area (Å²) in [5, 5.41) is 0. The molecule has 0 aliphatic carbocycles. The topological polar surface area (TPSA) is 61.3 Å². The lowest BCUT2D eigenvalue weighted by Crippen LogP contribution is -2.70. The van der Waals surface area contributed by atoms with E-state index in [0.717, 1.165) is 25.2 Å². The molecule has 0 radical (unpaired) electrons. The van der Waals surface area contributed by atoms with Crippen molar-refractivity contribution in [3.8, 4) is 34.0 Å². The molecule has 0 bridgehead atoms. The maximum absolute atomic E-state index is 15.4. The normalized spacial score (nSPS) is 16.8. The molecule has 286 valence electrons. The first-order valence-corrected chi connectivity index (χ1v) is 14.7. The van der Waals surface area contributed by atoms with Crippen LogP contribution in [0.25, 0.3) is 22.5 Å². The Morgan fingerprint density at radius 1 is 0.769 bits per heavy atom. The summed E-state index contributed by atoms with van der Waals surface area (Å²) in [7, 11) is 0. The minimum atomic E-state index is -8.23. The second kappa shape index (κ2) is 13.6. The van der Waals surface area contributed by atoms with Crippen molar-refractivity contribution in [3.05, 3.63) is 60.2 Å². The first-order chi connectivity index (χ1) is 23.7. The Morgan fingerprint density at radius 2 is 1.33 bits per heavy atom. The zero-order chi connectivity index (χ0) is 39.3. The van der Waals surface area contributed by atoms with Crippen molar-refractivity contribution in [2.45, 2.75) is 86.8 Å². The van der Waals surface area contributed by atoms with Crippen molar-refractivity contribution < 1.29 is 84.5 Å². The molecular formula is C31H22F16N2O3. The van der Waals surface area contributed by atoms with Gasteiger partial charge in [0.2, 0.25) is 0 Å². The summed E-state index contributed by atoms with van der Waals surface area (Å²) < 4.78 is 231. The fraction of sp³-hybridized carbons (Fsp3) is 0.452. The number of alkyl halides is 15. The number of esters is 1. The number of benzene rings is 2. The van der Waals surface area contributed by atoms with Crippen LogP contribution in [0.4, 0.5) is 70.2 Å². The van der Waals surface area contributed by atoms with E-state index in [1.54, 1.807) is 0 Å². The molecule has 1 aromatic heterocycles. The number of carbonyl (C=O) groups is 1. The van der Waals surface area contributed by atoms with Crippen LogP contribution in [-0.4, -0.2) is 57.8 Å². The molecule has 4 rings (SSSR count). The SMILES string of the molecule is CCCCCC(=O)Oc1ccc(-c2cnc(-c3ccc4c(c3F)C(F)(F)C(CC(F)(F)C(F)(F)C(F)(F)C(F)(F)C(F)(F)C(F)(F)F)O4)nc2)cc1. The third-order valence-corrected chi connectivity index (χ3v) is 7.85. The number of ether oxygens (including phenoxy) is 2. The van der Waals surface area contributed by atoms with Crippen LogP contribution in [0.1, 0.15) is 44.6 Å². The highest BCUT2D eigenvalue weighted by Crippen LogP contribution is 2.62. The van der Waals surface area contributed by atoms with E-state index >= 15 is 13.2 Å². The summed E-state index contributed by atoms with van der Waals surface area (Å²) in [5.41, 5.74) is -2.10. The smallest absolute Gasteiger partial charge is 0.460 e. The predicted molar refractivity (Wildman–Crippen MR) is 146 cm³/mol. The van der Waals surface area contributed by atoms with Gasteiger partial charge in [-0.05, 0) is 36.2 Å². The quantitative estimate of drug-likeness (QED) is 0.0749. The Kier molecular flexibility index (Phi) is 10.6. The molecule has 5 nitrogen and oxygen atoms in total. The third-order valence-electron chi connectivity index (χ3n) is 7.85. The number of hydrogen-bond donors (Lipinski definition) is 0. The second-order valence-electron chi connectivity index (χ2n) is 11.5. The van der Waals surface area contributed by atoms with E-state index in [0.29, 0.717) is 24.1 Å². The highest BCUT2D eigenvalue weighted by molar-refractivity contribution is 5.73. The lowest BCUT2D eigenvalue weighted by molar-refractivity contribution is -0.441. The molecule has 52 heavy (non-hydrogen) atoms. The van der Waals surface area contributed by atoms with Crippen LogP contribution in [0.3, 0.4) is 0 Å². The third kappa shape index (κ3) is 6.81. The van der Waals surface area contributed by atoms with E-state index in [4.69, 9.17) is 4.74 Å². The first kappa shape index (κ1) is 40.4. The van der Waals surface area contributed by atoms with Gasteiger partial charge in [-0.2, -0.15) is 65.9 Å². The number of fused-ring (bicyclic) bond motifs is 1. The van der Waals surface area contributed by atoms with E-state index in [2.05, 4.69) is 14.7 Å². The molecule has 0 fully saturated rings. The molecule has 2 aromatic carbocycles. The van der Waals surface area contributed by atoms with Crippen LogP contribution in [0.15, 0.2) is 48.8 Å². The van der Waals surface area contributed by atoms with Gasteiger partial charge in [0.05, 0.1) is 12.0 Å². The lowest BCUT2D eigenvalue weighted by atomic mass is 9.89. The molecule has 0 N–H and O–H groups in total. The van der Waals surface area contributed by atoms with Gasteiger partial charge in [0.15, 0.2) is 11.9 Å². The van der Waals surface area contributed by atoms with Crippen molar-refractivity contribution in [2.75, 3.05) is 0 Å². The Labute approximate surface area is 281 Å². The summed E-state index contributed by atoms with van der Waals surface area (Å²) in [5.74, 6) is -48.5. The number of aromatic nitrogens is 2. The van der Waals surface area contributed by atoms with Crippen LogP contribution >= 0.6 is 0 Å². The van der Waals surface area contributed by atoms with Crippen LogP contribution in [-0.2, 0) is 10.7 Å². The van der Waals surface area contributed by atoms with E-state index in [9.17, 15) is 61.9 Å². The van der Waals surface area contributed by atoms with E-state index in [1.807, 2.05) is 6.92 Å². The Bertz CT molecular complexity index is 1760. The molecule has 21 heteroatoms. The van der Waals surface area contributed by atoms with Crippen molar-refractivity contribution in [1.29, 1.82) is 0 Å². The van der Waals surface area contributed by atoms with Gasteiger partial charge in [0.25, 0.3) is 0 Å². The standard InChI is InChI=1S/C31H22F16N2O3/c1-2-3-4-5-21(50)51-17-8-6-15(7-9-17)16-13-48-24(49-14-16)18-10-11-19-22(23(18)32)26(35,36)20(52-19)12-25(33,34)27(37,38)28(39,40)29(41,42)30(43,44)31(45,46)47/h6-11,13-14,20H,2-5,12H2,1H3. The van der Waals surface area contributed by atoms with E-state index < -0.39 is 88.7 Å². The van der Waals surface area contributed by atoms with Gasteiger partial charge in [-0.15, -0.1) is 0 Å². The molecule has 1 unspecified atom stereocenters. The number of unbranched alkanes of at least 4 members (excludes halogenated alkanes) is 2. The van der Waals surface area contributed by atoms with Crippen molar-refractivity contribution >= 4 is 5.97 Å². The maximum Gasteiger partial charge on any atom is 0.460 e. The summed E-state index contributed by atoms with van der Waals surface area (Å²) in [6.45, 7) is 1.95. The second-order valence-corrected chi connectivity index (χ2v) is 11.5. The molecule has 1 aliphatic rings. The van der Waals surface area contributed by atoms with Gasteiger partial charge < -0.3 is 9.47 Å². The molecule has 2 heterocycles. The predicted octanol–water partition coefficient (Wildman–Crippen LogP) is 10.4. The van der Waals surface area contributed by atoms with Crippen molar-refractivity contribution in [1.82, 2.24) is 9.97 Å². The van der Waals surface area contributed by atoms with Gasteiger partial charge in [-0.1, -0.05) is 31.9 Å². The average molecular weight is 774 g/mol. The summed E-state index contributed by atoms with van der Waals surface area (Å²) in [4.78, 5) is 19.6. The molecular weight excluding hydrogens is 752 g/mol. The minimum Gasteiger partial charge on any atom is -0.483 e. The van der Waals surface area contributed by atoms with Crippen molar-refractivity contribution in [2.24, 2.45) is 0 Å². The highest BCUT2D eigenvalue weighted by Gasteiger charge is 2.91. The van der Waals surface area contributed by atoms with Gasteiger partial charge in [-0.25, -0.2) is 14.4 Å². The molecule has 3 aromatic rings. The fourth-order valence-corrected chi connectivity index (χ4v) is 4.89. The zero-order valence-electron chi connectivity index (χ0n) is 25.9. The summed E-state index contributed by atoms with van der Waals surface area (Å²) >= 11 is 0. The Morgan fingerprint density at radius 3 is 1.87 bits per heavy atom. The molecule has 0 spiro atoms. The summed E-state index contributed by atoms with van der Waals surface area (Å²) in [6.07, 6.45) is -10.1. The molecule has 1 aliphatic heterocycles. The number of rotatable bonds is 13. The zero-order valence-corrected chi connectivity index (χ0v) is 25.9. The van der Waals surface area contributed by atoms with E-state index in [1.165, 1.54) is 24.3 Å². The van der Waals surface area contributed by atoms with E-state index in [-0.39, 0.29) is 17.7 Å². The van der Waals surface area contributed by atoms with Gasteiger partial charge in [-0.3, -0.25) is 4.79 Å². The minimum absolute atomic E-state index is 0.198. The Hall–Kier alpha value is -4.33. The van der Waals surface area contributed by atoms with Gasteiger partial charge in [0, 0.05) is 24.4 Å². The Balaban J connectivity index is 1.55. The fourth-order valence-electron chi connectivity index (χ4n) is 4.89.